The Morgan fingerprint density at radius 2 is 1.57 bits per heavy atom. The van der Waals surface area contributed by atoms with Crippen LogP contribution in [0.3, 0.4) is 0 Å². The lowest BCUT2D eigenvalue weighted by atomic mass is 10.1. The van der Waals surface area contributed by atoms with E-state index in [1.54, 1.807) is 54.6 Å². The number of nitrogens with zero attached hydrogens (tertiary/aromatic N) is 1. The molecule has 0 fully saturated rings. The van der Waals surface area contributed by atoms with Gasteiger partial charge in [0.05, 0.1) is 10.5 Å². The molecule has 0 amide bonds. The largest absolute Gasteiger partial charge is 0.423 e. The summed E-state index contributed by atoms with van der Waals surface area (Å²) in [7, 11) is 0. The Labute approximate surface area is 160 Å². The predicted octanol–water partition coefficient (Wildman–Crippen LogP) is 4.71. The highest BCUT2D eigenvalue weighted by molar-refractivity contribution is 6.06. The zero-order chi connectivity index (χ0) is 19.9. The van der Waals surface area contributed by atoms with Gasteiger partial charge in [-0.05, 0) is 29.8 Å². The first kappa shape index (κ1) is 18.7. The van der Waals surface area contributed by atoms with Crippen LogP contribution in [0.25, 0.3) is 6.08 Å². The molecule has 0 atom stereocenters. The van der Waals surface area contributed by atoms with Crippen LogP contribution in [0, 0.1) is 10.1 Å². The zero-order valence-corrected chi connectivity index (χ0v) is 14.6. The Bertz CT molecular complexity index is 1060. The van der Waals surface area contributed by atoms with Crippen molar-refractivity contribution in [2.75, 3.05) is 0 Å². The number of nitro benzene ring substituents is 1. The van der Waals surface area contributed by atoms with E-state index in [4.69, 9.17) is 4.74 Å². The van der Waals surface area contributed by atoms with Crippen LogP contribution in [0.5, 0.6) is 5.75 Å². The van der Waals surface area contributed by atoms with Crippen LogP contribution in [0.15, 0.2) is 84.9 Å². The number of ether oxygens (including phenoxy) is 1. The van der Waals surface area contributed by atoms with Gasteiger partial charge in [-0.25, -0.2) is 4.79 Å². The number of esters is 1. The lowest BCUT2D eigenvalue weighted by Gasteiger charge is -2.05. The summed E-state index contributed by atoms with van der Waals surface area (Å²) >= 11 is 0. The number of allylic oxidation sites excluding steroid dienone is 1. The number of carbonyl (C=O) groups excluding carboxylic acids is 2. The number of rotatable bonds is 6. The second-order valence-electron chi connectivity index (χ2n) is 5.83. The molecule has 0 N–H and O–H groups in total. The Hall–Kier alpha value is -4.06. The van der Waals surface area contributed by atoms with E-state index in [0.29, 0.717) is 11.1 Å². The maximum Gasteiger partial charge on any atom is 0.343 e. The first-order valence-electron chi connectivity index (χ1n) is 8.37. The molecule has 6 heteroatoms. The Morgan fingerprint density at radius 1 is 0.857 bits per heavy atom. The average molecular weight is 373 g/mol. The quantitative estimate of drug-likeness (QED) is 0.156. The number of ketones is 1. The molecule has 0 aliphatic rings. The maximum absolute atomic E-state index is 12.2. The minimum absolute atomic E-state index is 0.0781. The molecule has 0 saturated heterocycles. The highest BCUT2D eigenvalue weighted by atomic mass is 16.6. The molecule has 0 heterocycles. The number of non-ortho nitro benzene ring substituents is 1. The van der Waals surface area contributed by atoms with E-state index < -0.39 is 10.9 Å². The normalized spacial score (nSPS) is 10.6. The van der Waals surface area contributed by atoms with Crippen LogP contribution in [0.1, 0.15) is 26.3 Å². The van der Waals surface area contributed by atoms with Crippen molar-refractivity contribution in [3.63, 3.8) is 0 Å². The molecule has 28 heavy (non-hydrogen) atoms. The number of carbonyl (C=O) groups is 2. The van der Waals surface area contributed by atoms with Gasteiger partial charge in [0, 0.05) is 17.7 Å². The van der Waals surface area contributed by atoms with Crippen molar-refractivity contribution in [3.05, 3.63) is 112 Å². The van der Waals surface area contributed by atoms with E-state index in [9.17, 15) is 19.7 Å². The SMILES string of the molecule is O=C(/C=C/c1cccc(OC(=O)c2cccc([N+](=O)[O-])c2)c1)c1ccccc1. The van der Waals surface area contributed by atoms with Crippen molar-refractivity contribution in [2.45, 2.75) is 0 Å². The van der Waals surface area contributed by atoms with Gasteiger partial charge in [-0.15, -0.1) is 0 Å². The molecule has 0 aliphatic heterocycles. The lowest BCUT2D eigenvalue weighted by Crippen LogP contribution is -2.08. The van der Waals surface area contributed by atoms with Crippen LogP contribution >= 0.6 is 0 Å². The molecule has 0 aromatic heterocycles. The third-order valence-electron chi connectivity index (χ3n) is 3.85. The average Bonchev–Trinajstić information content (AvgIpc) is 2.73. The van der Waals surface area contributed by atoms with Gasteiger partial charge in [0.1, 0.15) is 5.75 Å². The third-order valence-corrected chi connectivity index (χ3v) is 3.85. The summed E-state index contributed by atoms with van der Waals surface area (Å²) in [5.74, 6) is -0.574. The molecule has 3 rings (SSSR count). The van der Waals surface area contributed by atoms with E-state index in [1.165, 1.54) is 24.3 Å². The van der Waals surface area contributed by atoms with Gasteiger partial charge in [0.15, 0.2) is 5.78 Å². The molecule has 0 spiro atoms. The van der Waals surface area contributed by atoms with Crippen molar-refractivity contribution in [1.29, 1.82) is 0 Å². The highest BCUT2D eigenvalue weighted by Gasteiger charge is 2.13. The Kier molecular flexibility index (Phi) is 5.72. The van der Waals surface area contributed by atoms with Gasteiger partial charge >= 0.3 is 5.97 Å². The zero-order valence-electron chi connectivity index (χ0n) is 14.6. The van der Waals surface area contributed by atoms with Crippen LogP contribution in [-0.2, 0) is 0 Å². The molecule has 0 radical (unpaired) electrons. The molecule has 0 aliphatic carbocycles. The fourth-order valence-corrected chi connectivity index (χ4v) is 2.46. The molecular formula is C22H15NO5. The monoisotopic (exact) mass is 373 g/mol. The van der Waals surface area contributed by atoms with Gasteiger partial charge < -0.3 is 4.74 Å². The number of nitro groups is 1. The van der Waals surface area contributed by atoms with Crippen molar-refractivity contribution in [1.82, 2.24) is 0 Å². The van der Waals surface area contributed by atoms with E-state index in [1.807, 2.05) is 6.07 Å². The topological polar surface area (TPSA) is 86.5 Å². The summed E-state index contributed by atoms with van der Waals surface area (Å²) in [6.45, 7) is 0. The number of hydrogen-bond acceptors (Lipinski definition) is 5. The van der Waals surface area contributed by atoms with Gasteiger partial charge in [-0.3, -0.25) is 14.9 Å². The smallest absolute Gasteiger partial charge is 0.343 e. The fourth-order valence-electron chi connectivity index (χ4n) is 2.46. The molecular weight excluding hydrogens is 358 g/mol. The van der Waals surface area contributed by atoms with Gasteiger partial charge in [-0.1, -0.05) is 54.6 Å². The van der Waals surface area contributed by atoms with Gasteiger partial charge in [-0.2, -0.15) is 0 Å². The molecule has 0 unspecified atom stereocenters. The highest BCUT2D eigenvalue weighted by Crippen LogP contribution is 2.19. The van der Waals surface area contributed by atoms with Crippen molar-refractivity contribution in [3.8, 4) is 5.75 Å². The Balaban J connectivity index is 1.72. The third kappa shape index (κ3) is 4.76. The molecule has 3 aromatic carbocycles. The minimum Gasteiger partial charge on any atom is -0.423 e. The first-order chi connectivity index (χ1) is 13.5. The molecule has 0 bridgehead atoms. The van der Waals surface area contributed by atoms with Crippen molar-refractivity contribution in [2.24, 2.45) is 0 Å². The minimum atomic E-state index is -0.704. The van der Waals surface area contributed by atoms with Gasteiger partial charge in [0.2, 0.25) is 0 Å². The Morgan fingerprint density at radius 3 is 2.32 bits per heavy atom. The maximum atomic E-state index is 12.2. The summed E-state index contributed by atoms with van der Waals surface area (Å²) in [5, 5.41) is 10.8. The lowest BCUT2D eigenvalue weighted by molar-refractivity contribution is -0.384. The second-order valence-corrected chi connectivity index (χ2v) is 5.83. The molecule has 0 saturated carbocycles. The van der Waals surface area contributed by atoms with Crippen LogP contribution in [0.4, 0.5) is 5.69 Å². The molecule has 6 nitrogen and oxygen atoms in total. The van der Waals surface area contributed by atoms with Gasteiger partial charge in [0.25, 0.3) is 5.69 Å². The first-order valence-corrected chi connectivity index (χ1v) is 8.37. The second kappa shape index (κ2) is 8.55. The summed E-state index contributed by atoms with van der Waals surface area (Å²) in [6.07, 6.45) is 3.07. The molecule has 138 valence electrons. The summed E-state index contributed by atoms with van der Waals surface area (Å²) in [5.41, 5.74) is 1.14. The van der Waals surface area contributed by atoms with E-state index >= 15 is 0 Å². The van der Waals surface area contributed by atoms with Crippen LogP contribution < -0.4 is 4.74 Å². The van der Waals surface area contributed by atoms with E-state index in [-0.39, 0.29) is 22.8 Å². The van der Waals surface area contributed by atoms with Crippen LogP contribution in [-0.4, -0.2) is 16.7 Å². The predicted molar refractivity (Wildman–Crippen MR) is 104 cm³/mol. The van der Waals surface area contributed by atoms with Crippen molar-refractivity contribution >= 4 is 23.5 Å². The summed E-state index contributed by atoms with van der Waals surface area (Å²) in [6, 6.07) is 20.8. The standard InChI is InChI=1S/C22H15NO5/c24-21(17-7-2-1-3-8-17)13-12-16-6-4-11-20(14-16)28-22(25)18-9-5-10-19(15-18)23(26)27/h1-15H/b13-12+. The summed E-state index contributed by atoms with van der Waals surface area (Å²) < 4.78 is 5.29. The number of benzene rings is 3. The number of hydrogen-bond donors (Lipinski definition) is 0. The summed E-state index contributed by atoms with van der Waals surface area (Å²) in [4.78, 5) is 34.6. The molecule has 3 aromatic rings. The van der Waals surface area contributed by atoms with Crippen LogP contribution in [0.2, 0.25) is 0 Å². The van der Waals surface area contributed by atoms with E-state index in [2.05, 4.69) is 0 Å². The van der Waals surface area contributed by atoms with Crippen molar-refractivity contribution < 1.29 is 19.2 Å². The fraction of sp³-hybridized carbons (Fsp3) is 0. The van der Waals surface area contributed by atoms with E-state index in [0.717, 1.165) is 6.07 Å².